The van der Waals surface area contributed by atoms with Crippen molar-refractivity contribution >= 4 is 32.7 Å². The third-order valence-corrected chi connectivity index (χ3v) is 5.76. The highest BCUT2D eigenvalue weighted by molar-refractivity contribution is 7.92. The van der Waals surface area contributed by atoms with Gasteiger partial charge in [0, 0.05) is 18.1 Å². The lowest BCUT2D eigenvalue weighted by molar-refractivity contribution is 0.0591. The molecular formula is C15H17N3O5S. The fraction of sp³-hybridized carbons (Fsp3) is 0.400. The molecule has 3 rings (SSSR count). The van der Waals surface area contributed by atoms with Gasteiger partial charge in [-0.3, -0.25) is 9.29 Å². The summed E-state index contributed by atoms with van der Waals surface area (Å²) in [5, 5.41) is 10.6. The van der Waals surface area contributed by atoms with Crippen molar-refractivity contribution in [1.82, 2.24) is 9.97 Å². The summed E-state index contributed by atoms with van der Waals surface area (Å²) in [6.07, 6.45) is 3.52. The van der Waals surface area contributed by atoms with Crippen LogP contribution in [0, 0.1) is 0 Å². The topological polar surface area (TPSA) is 110 Å². The number of esters is 1. The first kappa shape index (κ1) is 16.4. The van der Waals surface area contributed by atoms with Crippen molar-refractivity contribution < 1.29 is 23.1 Å². The van der Waals surface area contributed by atoms with E-state index in [-0.39, 0.29) is 29.3 Å². The van der Waals surface area contributed by atoms with Crippen molar-refractivity contribution in [3.63, 3.8) is 0 Å². The number of ether oxygens (including phenoxy) is 1. The van der Waals surface area contributed by atoms with Crippen molar-refractivity contribution in [1.29, 1.82) is 0 Å². The van der Waals surface area contributed by atoms with Crippen molar-refractivity contribution in [2.45, 2.75) is 19.3 Å². The highest BCUT2D eigenvalue weighted by atomic mass is 32.2. The van der Waals surface area contributed by atoms with Crippen LogP contribution in [0.15, 0.2) is 18.3 Å². The summed E-state index contributed by atoms with van der Waals surface area (Å²) in [5.41, 5.74) is -0.236. The van der Waals surface area contributed by atoms with E-state index in [1.807, 2.05) is 0 Å². The number of sulfonamides is 1. The second-order valence-corrected chi connectivity index (χ2v) is 7.49. The van der Waals surface area contributed by atoms with Crippen LogP contribution in [0.1, 0.15) is 29.8 Å². The van der Waals surface area contributed by atoms with Gasteiger partial charge in [-0.25, -0.2) is 18.2 Å². The van der Waals surface area contributed by atoms with Crippen LogP contribution >= 0.6 is 0 Å². The number of fused-ring (bicyclic) bond motifs is 1. The molecule has 0 amide bonds. The zero-order chi connectivity index (χ0) is 17.3. The molecule has 0 bridgehead atoms. The predicted molar refractivity (Wildman–Crippen MR) is 87.5 cm³/mol. The SMILES string of the molecule is COC(=O)c1nc(N2CCCCCS2(=O)=O)c2cccnc2c1O. The van der Waals surface area contributed by atoms with Gasteiger partial charge < -0.3 is 9.84 Å². The molecule has 9 heteroatoms. The number of methoxy groups -OCH3 is 1. The number of pyridine rings is 2. The molecule has 0 radical (unpaired) electrons. The van der Waals surface area contributed by atoms with Crippen LogP contribution in [0.5, 0.6) is 5.75 Å². The molecule has 128 valence electrons. The predicted octanol–water partition coefficient (Wildman–Crippen LogP) is 1.44. The van der Waals surface area contributed by atoms with Gasteiger partial charge in [0.1, 0.15) is 5.52 Å². The molecule has 1 N–H and O–H groups in total. The number of carbonyl (C=O) groups is 1. The Morgan fingerprint density at radius 2 is 2.12 bits per heavy atom. The number of hydrogen-bond donors (Lipinski definition) is 1. The first-order valence-electron chi connectivity index (χ1n) is 7.52. The van der Waals surface area contributed by atoms with Crippen molar-refractivity contribution in [3.8, 4) is 5.75 Å². The fourth-order valence-corrected chi connectivity index (χ4v) is 4.34. The smallest absolute Gasteiger partial charge is 0.360 e. The van der Waals surface area contributed by atoms with E-state index in [9.17, 15) is 18.3 Å². The molecular weight excluding hydrogens is 334 g/mol. The average molecular weight is 351 g/mol. The van der Waals surface area contributed by atoms with Crippen molar-refractivity contribution in [3.05, 3.63) is 24.0 Å². The number of nitrogens with zero attached hydrogens (tertiary/aromatic N) is 3. The molecule has 0 unspecified atom stereocenters. The van der Waals surface area contributed by atoms with Gasteiger partial charge in [0.25, 0.3) is 0 Å². The van der Waals surface area contributed by atoms with Crippen LogP contribution in [0.3, 0.4) is 0 Å². The Morgan fingerprint density at radius 3 is 2.88 bits per heavy atom. The van der Waals surface area contributed by atoms with E-state index in [1.165, 1.54) is 10.5 Å². The molecule has 24 heavy (non-hydrogen) atoms. The summed E-state index contributed by atoms with van der Waals surface area (Å²) in [5.74, 6) is -1.16. The Balaban J connectivity index is 2.30. The minimum Gasteiger partial charge on any atom is -0.504 e. The molecule has 8 nitrogen and oxygen atoms in total. The van der Waals surface area contributed by atoms with Gasteiger partial charge in [-0.15, -0.1) is 0 Å². The third-order valence-electron chi connectivity index (χ3n) is 3.93. The molecule has 1 saturated heterocycles. The summed E-state index contributed by atoms with van der Waals surface area (Å²) < 4.78 is 31.0. The minimum atomic E-state index is -3.56. The highest BCUT2D eigenvalue weighted by Gasteiger charge is 2.30. The van der Waals surface area contributed by atoms with Gasteiger partial charge >= 0.3 is 5.97 Å². The van der Waals surface area contributed by atoms with E-state index in [0.29, 0.717) is 18.2 Å². The number of aromatic hydroxyl groups is 1. The molecule has 2 aromatic rings. The van der Waals surface area contributed by atoms with Crippen LogP contribution in [0.25, 0.3) is 10.9 Å². The van der Waals surface area contributed by atoms with E-state index in [4.69, 9.17) is 0 Å². The molecule has 0 aromatic carbocycles. The molecule has 2 aromatic heterocycles. The molecule has 1 fully saturated rings. The third kappa shape index (κ3) is 2.75. The lowest BCUT2D eigenvalue weighted by atomic mass is 10.2. The number of hydrogen-bond acceptors (Lipinski definition) is 7. The van der Waals surface area contributed by atoms with E-state index >= 15 is 0 Å². The summed E-state index contributed by atoms with van der Waals surface area (Å²) in [6.45, 7) is 0.269. The second-order valence-electron chi connectivity index (χ2n) is 5.47. The Morgan fingerprint density at radius 1 is 1.33 bits per heavy atom. The minimum absolute atomic E-state index is 0.0187. The molecule has 3 heterocycles. The largest absolute Gasteiger partial charge is 0.504 e. The number of anilines is 1. The normalized spacial score (nSPS) is 17.5. The van der Waals surface area contributed by atoms with Crippen LogP contribution in [-0.4, -0.2) is 48.9 Å². The Bertz CT molecular complexity index is 897. The summed E-state index contributed by atoms with van der Waals surface area (Å²) in [7, 11) is -2.40. The van der Waals surface area contributed by atoms with Crippen LogP contribution in [-0.2, 0) is 14.8 Å². The van der Waals surface area contributed by atoms with Crippen LogP contribution in [0.2, 0.25) is 0 Å². The summed E-state index contributed by atoms with van der Waals surface area (Å²) >= 11 is 0. The molecule has 1 aliphatic heterocycles. The number of aromatic nitrogens is 2. The standard InChI is InChI=1S/C15H17N3O5S/c1-23-15(20)12-13(19)11-10(6-5-7-16-11)14(17-12)18-8-3-2-4-9-24(18,21)22/h5-7,19H,2-4,8-9H2,1H3. The molecule has 0 spiro atoms. The average Bonchev–Trinajstić information content (AvgIpc) is 2.75. The maximum absolute atomic E-state index is 12.6. The fourth-order valence-electron chi connectivity index (χ4n) is 2.74. The van der Waals surface area contributed by atoms with E-state index < -0.39 is 21.7 Å². The maximum Gasteiger partial charge on any atom is 0.360 e. The quantitative estimate of drug-likeness (QED) is 0.815. The monoisotopic (exact) mass is 351 g/mol. The molecule has 0 saturated carbocycles. The van der Waals surface area contributed by atoms with Gasteiger partial charge in [-0.1, -0.05) is 6.42 Å². The lowest BCUT2D eigenvalue weighted by Gasteiger charge is -2.23. The van der Waals surface area contributed by atoms with E-state index in [1.54, 1.807) is 12.1 Å². The number of carbonyl (C=O) groups excluding carboxylic acids is 1. The van der Waals surface area contributed by atoms with Gasteiger partial charge in [0.2, 0.25) is 10.0 Å². The van der Waals surface area contributed by atoms with Crippen molar-refractivity contribution in [2.75, 3.05) is 23.7 Å². The maximum atomic E-state index is 12.6. The zero-order valence-corrected chi connectivity index (χ0v) is 13.9. The first-order chi connectivity index (χ1) is 11.5. The highest BCUT2D eigenvalue weighted by Crippen LogP contribution is 2.34. The zero-order valence-electron chi connectivity index (χ0n) is 13.1. The van der Waals surface area contributed by atoms with Gasteiger partial charge in [0.15, 0.2) is 17.3 Å². The van der Waals surface area contributed by atoms with E-state index in [2.05, 4.69) is 14.7 Å². The Labute approximate surface area is 139 Å². The first-order valence-corrected chi connectivity index (χ1v) is 9.13. The number of rotatable bonds is 2. The van der Waals surface area contributed by atoms with Gasteiger partial charge in [-0.2, -0.15) is 0 Å². The second kappa shape index (κ2) is 6.23. The van der Waals surface area contributed by atoms with Crippen LogP contribution in [0.4, 0.5) is 5.82 Å². The van der Waals surface area contributed by atoms with E-state index in [0.717, 1.165) is 13.5 Å². The van der Waals surface area contributed by atoms with Gasteiger partial charge in [-0.05, 0) is 25.0 Å². The molecule has 0 aliphatic carbocycles. The molecule has 1 aliphatic rings. The Kier molecular flexibility index (Phi) is 4.27. The van der Waals surface area contributed by atoms with Gasteiger partial charge in [0.05, 0.1) is 12.9 Å². The summed E-state index contributed by atoms with van der Waals surface area (Å²) in [6, 6.07) is 3.24. The summed E-state index contributed by atoms with van der Waals surface area (Å²) in [4.78, 5) is 20.1. The van der Waals surface area contributed by atoms with Crippen LogP contribution < -0.4 is 4.31 Å². The lowest BCUT2D eigenvalue weighted by Crippen LogP contribution is -2.33. The Hall–Kier alpha value is -2.42. The molecule has 0 atom stereocenters. The van der Waals surface area contributed by atoms with Crippen molar-refractivity contribution in [2.24, 2.45) is 0 Å².